The van der Waals surface area contributed by atoms with Gasteiger partial charge in [-0.15, -0.1) is 0 Å². The first kappa shape index (κ1) is 8.04. The molecule has 0 N–H and O–H groups in total. The van der Waals surface area contributed by atoms with Crippen molar-refractivity contribution in [1.82, 2.24) is 9.97 Å². The molecule has 13 heavy (non-hydrogen) atoms. The molecule has 0 radical (unpaired) electrons. The SMILES string of the molecule is FC(F)c1ccc2ncncc2c1. The lowest BCUT2D eigenvalue weighted by Gasteiger charge is -2.00. The number of fused-ring (bicyclic) bond motifs is 1. The van der Waals surface area contributed by atoms with E-state index in [-0.39, 0.29) is 5.56 Å². The standard InChI is InChI=1S/C9H6F2N2/c10-9(11)6-1-2-8-7(3-6)4-12-5-13-8/h1-5,9H. The molecule has 0 aliphatic heterocycles. The van der Waals surface area contributed by atoms with E-state index in [2.05, 4.69) is 9.97 Å². The largest absolute Gasteiger partial charge is 0.263 e. The molecule has 2 aromatic rings. The van der Waals surface area contributed by atoms with E-state index in [1.165, 1.54) is 24.7 Å². The van der Waals surface area contributed by atoms with Crippen LogP contribution >= 0.6 is 0 Å². The first-order valence-electron chi connectivity index (χ1n) is 3.75. The summed E-state index contributed by atoms with van der Waals surface area (Å²) in [6.07, 6.45) is 0.475. The van der Waals surface area contributed by atoms with Crippen molar-refractivity contribution in [2.24, 2.45) is 0 Å². The first-order valence-corrected chi connectivity index (χ1v) is 3.75. The van der Waals surface area contributed by atoms with Crippen molar-refractivity contribution in [2.45, 2.75) is 6.43 Å². The van der Waals surface area contributed by atoms with E-state index < -0.39 is 6.43 Å². The number of hydrogen-bond acceptors (Lipinski definition) is 2. The third-order valence-corrected chi connectivity index (χ3v) is 1.78. The Bertz CT molecular complexity index is 429. The predicted octanol–water partition coefficient (Wildman–Crippen LogP) is 2.57. The predicted molar refractivity (Wildman–Crippen MR) is 44.5 cm³/mol. The molecule has 2 nitrogen and oxygen atoms in total. The molecule has 0 bridgehead atoms. The fourth-order valence-corrected chi connectivity index (χ4v) is 1.14. The molecule has 2 rings (SSSR count). The van der Waals surface area contributed by atoms with Gasteiger partial charge in [-0.1, -0.05) is 6.07 Å². The zero-order chi connectivity index (χ0) is 9.26. The van der Waals surface area contributed by atoms with Crippen molar-refractivity contribution in [3.8, 4) is 0 Å². The van der Waals surface area contributed by atoms with Crippen LogP contribution in [0.25, 0.3) is 10.9 Å². The maximum Gasteiger partial charge on any atom is 0.263 e. The summed E-state index contributed by atoms with van der Waals surface area (Å²) in [5.74, 6) is 0. The van der Waals surface area contributed by atoms with Crippen LogP contribution in [0.5, 0.6) is 0 Å². The van der Waals surface area contributed by atoms with Crippen LogP contribution in [-0.4, -0.2) is 9.97 Å². The van der Waals surface area contributed by atoms with Gasteiger partial charge in [-0.05, 0) is 12.1 Å². The van der Waals surface area contributed by atoms with Gasteiger partial charge in [0.1, 0.15) is 6.33 Å². The van der Waals surface area contributed by atoms with Gasteiger partial charge in [-0.3, -0.25) is 0 Å². The highest BCUT2D eigenvalue weighted by molar-refractivity contribution is 5.77. The molecule has 1 aromatic heterocycles. The molecule has 0 spiro atoms. The molecule has 1 heterocycles. The van der Waals surface area contributed by atoms with Gasteiger partial charge in [-0.2, -0.15) is 0 Å². The van der Waals surface area contributed by atoms with E-state index in [9.17, 15) is 8.78 Å². The Morgan fingerprint density at radius 1 is 1.23 bits per heavy atom. The normalized spacial score (nSPS) is 11.0. The van der Waals surface area contributed by atoms with Gasteiger partial charge in [0.25, 0.3) is 6.43 Å². The van der Waals surface area contributed by atoms with Gasteiger partial charge in [0, 0.05) is 17.1 Å². The molecule has 4 heteroatoms. The number of benzene rings is 1. The Labute approximate surface area is 73.2 Å². The molecule has 0 amide bonds. The first-order chi connectivity index (χ1) is 6.27. The second kappa shape index (κ2) is 3.05. The number of hydrogen-bond donors (Lipinski definition) is 0. The Morgan fingerprint density at radius 2 is 2.08 bits per heavy atom. The van der Waals surface area contributed by atoms with E-state index in [0.717, 1.165) is 0 Å². The van der Waals surface area contributed by atoms with E-state index >= 15 is 0 Å². The minimum atomic E-state index is -2.44. The van der Waals surface area contributed by atoms with Crippen molar-refractivity contribution in [3.05, 3.63) is 36.3 Å². The Balaban J connectivity index is 2.62. The summed E-state index contributed by atoms with van der Waals surface area (Å²) in [4.78, 5) is 7.68. The number of nitrogens with zero attached hydrogens (tertiary/aromatic N) is 2. The highest BCUT2D eigenvalue weighted by Gasteiger charge is 2.06. The monoisotopic (exact) mass is 180 g/mol. The lowest BCUT2D eigenvalue weighted by atomic mass is 10.1. The molecule has 1 aromatic carbocycles. The molecular weight excluding hydrogens is 174 g/mol. The Morgan fingerprint density at radius 3 is 2.85 bits per heavy atom. The highest BCUT2D eigenvalue weighted by Crippen LogP contribution is 2.21. The average Bonchev–Trinajstić information content (AvgIpc) is 2.17. The second-order valence-corrected chi connectivity index (χ2v) is 2.64. The molecule has 0 atom stereocenters. The van der Waals surface area contributed by atoms with Crippen LogP contribution in [0.2, 0.25) is 0 Å². The summed E-state index contributed by atoms with van der Waals surface area (Å²) in [6, 6.07) is 4.35. The van der Waals surface area contributed by atoms with Crippen molar-refractivity contribution < 1.29 is 8.78 Å². The summed E-state index contributed by atoms with van der Waals surface area (Å²) < 4.78 is 24.5. The molecule has 66 valence electrons. The summed E-state index contributed by atoms with van der Waals surface area (Å²) in [5, 5.41) is 0.639. The van der Waals surface area contributed by atoms with Crippen LogP contribution in [0.1, 0.15) is 12.0 Å². The van der Waals surface area contributed by atoms with Crippen molar-refractivity contribution in [2.75, 3.05) is 0 Å². The number of rotatable bonds is 1. The molecule has 0 aliphatic rings. The van der Waals surface area contributed by atoms with Crippen molar-refractivity contribution >= 4 is 10.9 Å². The molecule has 0 saturated carbocycles. The zero-order valence-electron chi connectivity index (χ0n) is 6.61. The Kier molecular flexibility index (Phi) is 1.88. The molecular formula is C9H6F2N2. The topological polar surface area (TPSA) is 25.8 Å². The molecule has 0 saturated heterocycles. The van der Waals surface area contributed by atoms with Gasteiger partial charge in [-0.25, -0.2) is 18.7 Å². The van der Waals surface area contributed by atoms with Crippen LogP contribution < -0.4 is 0 Å². The Hall–Kier alpha value is -1.58. The molecule has 0 fully saturated rings. The smallest absolute Gasteiger partial charge is 0.244 e. The quantitative estimate of drug-likeness (QED) is 0.674. The van der Waals surface area contributed by atoms with E-state index in [0.29, 0.717) is 10.9 Å². The lowest BCUT2D eigenvalue weighted by molar-refractivity contribution is 0.151. The van der Waals surface area contributed by atoms with Crippen molar-refractivity contribution in [1.29, 1.82) is 0 Å². The van der Waals surface area contributed by atoms with E-state index in [4.69, 9.17) is 0 Å². The number of halogens is 2. The molecule has 0 aliphatic carbocycles. The summed E-state index contributed by atoms with van der Waals surface area (Å²) in [7, 11) is 0. The average molecular weight is 180 g/mol. The minimum Gasteiger partial charge on any atom is -0.244 e. The minimum absolute atomic E-state index is 0.00213. The summed E-state index contributed by atoms with van der Waals surface area (Å²) in [5.41, 5.74) is 0.682. The number of aromatic nitrogens is 2. The highest BCUT2D eigenvalue weighted by atomic mass is 19.3. The van der Waals surface area contributed by atoms with E-state index in [1.54, 1.807) is 6.07 Å². The van der Waals surface area contributed by atoms with Gasteiger partial charge >= 0.3 is 0 Å². The van der Waals surface area contributed by atoms with Crippen LogP contribution in [0.4, 0.5) is 8.78 Å². The third kappa shape index (κ3) is 1.47. The van der Waals surface area contributed by atoms with Gasteiger partial charge < -0.3 is 0 Å². The van der Waals surface area contributed by atoms with Crippen LogP contribution in [0.3, 0.4) is 0 Å². The van der Waals surface area contributed by atoms with Gasteiger partial charge in [0.15, 0.2) is 0 Å². The zero-order valence-corrected chi connectivity index (χ0v) is 6.61. The fraction of sp³-hybridized carbons (Fsp3) is 0.111. The lowest BCUT2D eigenvalue weighted by Crippen LogP contribution is -1.86. The maximum atomic E-state index is 12.3. The van der Waals surface area contributed by atoms with Crippen molar-refractivity contribution in [3.63, 3.8) is 0 Å². The molecule has 0 unspecified atom stereocenters. The van der Waals surface area contributed by atoms with Gasteiger partial charge in [0.2, 0.25) is 0 Å². The van der Waals surface area contributed by atoms with E-state index in [1.807, 2.05) is 0 Å². The second-order valence-electron chi connectivity index (χ2n) is 2.64. The summed E-state index contributed by atoms with van der Waals surface area (Å²) in [6.45, 7) is 0. The number of alkyl halides is 2. The summed E-state index contributed by atoms with van der Waals surface area (Å²) >= 11 is 0. The van der Waals surface area contributed by atoms with Crippen LogP contribution in [0.15, 0.2) is 30.7 Å². The van der Waals surface area contributed by atoms with Gasteiger partial charge in [0.05, 0.1) is 5.52 Å². The third-order valence-electron chi connectivity index (χ3n) is 1.78. The maximum absolute atomic E-state index is 12.3. The van der Waals surface area contributed by atoms with Crippen LogP contribution in [0, 0.1) is 0 Å². The van der Waals surface area contributed by atoms with Crippen LogP contribution in [-0.2, 0) is 0 Å². The fourth-order valence-electron chi connectivity index (χ4n) is 1.14.